The van der Waals surface area contributed by atoms with E-state index in [9.17, 15) is 27.2 Å². The molecule has 1 aromatic carbocycles. The van der Waals surface area contributed by atoms with Gasteiger partial charge in [-0.05, 0) is 12.5 Å². The summed E-state index contributed by atoms with van der Waals surface area (Å²) >= 11 is 0. The molecular formula is C16H18F4N2O2. The second-order valence-electron chi connectivity index (χ2n) is 5.90. The van der Waals surface area contributed by atoms with Crippen LogP contribution in [0.3, 0.4) is 0 Å². The van der Waals surface area contributed by atoms with Crippen molar-refractivity contribution in [2.24, 2.45) is 0 Å². The maximum absolute atomic E-state index is 13.6. The normalized spacial score (nSPS) is 17.3. The van der Waals surface area contributed by atoms with Crippen LogP contribution in [0.1, 0.15) is 24.8 Å². The van der Waals surface area contributed by atoms with E-state index in [0.29, 0.717) is 6.07 Å². The molecule has 1 heterocycles. The van der Waals surface area contributed by atoms with Crippen molar-refractivity contribution < 1.29 is 27.2 Å². The van der Waals surface area contributed by atoms with E-state index in [-0.39, 0.29) is 38.0 Å². The van der Waals surface area contributed by atoms with Gasteiger partial charge in [0, 0.05) is 51.2 Å². The van der Waals surface area contributed by atoms with Crippen molar-refractivity contribution in [3.05, 3.63) is 35.4 Å². The predicted molar refractivity (Wildman–Crippen MR) is 78.2 cm³/mol. The van der Waals surface area contributed by atoms with Gasteiger partial charge in [0.1, 0.15) is 11.6 Å². The summed E-state index contributed by atoms with van der Waals surface area (Å²) < 4.78 is 53.1. The zero-order valence-corrected chi connectivity index (χ0v) is 13.2. The van der Waals surface area contributed by atoms with Crippen LogP contribution >= 0.6 is 0 Å². The van der Waals surface area contributed by atoms with Gasteiger partial charge in [0.15, 0.2) is 0 Å². The number of amides is 2. The van der Waals surface area contributed by atoms with E-state index in [1.165, 1.54) is 13.1 Å². The molecule has 0 N–H and O–H groups in total. The predicted octanol–water partition coefficient (Wildman–Crippen LogP) is 2.57. The Morgan fingerprint density at radius 1 is 1.21 bits per heavy atom. The molecule has 0 bridgehead atoms. The highest BCUT2D eigenvalue weighted by Gasteiger charge is 2.35. The Hall–Kier alpha value is -2.12. The molecule has 2 rings (SSSR count). The lowest BCUT2D eigenvalue weighted by molar-refractivity contribution is -0.151. The number of halogens is 4. The van der Waals surface area contributed by atoms with Crippen molar-refractivity contribution >= 4 is 11.8 Å². The van der Waals surface area contributed by atoms with Crippen LogP contribution in [-0.2, 0) is 16.1 Å². The number of hydrogen-bond acceptors (Lipinski definition) is 2. The third-order valence-corrected chi connectivity index (χ3v) is 3.96. The summed E-state index contributed by atoms with van der Waals surface area (Å²) in [6.07, 6.45) is -0.688. The molecular weight excluding hydrogens is 328 g/mol. The van der Waals surface area contributed by atoms with Gasteiger partial charge in [-0.25, -0.2) is 17.6 Å². The summed E-state index contributed by atoms with van der Waals surface area (Å²) in [7, 11) is 1.30. The molecule has 1 fully saturated rings. The third-order valence-electron chi connectivity index (χ3n) is 3.96. The number of alkyl halides is 2. The van der Waals surface area contributed by atoms with Crippen molar-refractivity contribution in [2.75, 3.05) is 20.1 Å². The monoisotopic (exact) mass is 346 g/mol. The van der Waals surface area contributed by atoms with Crippen LogP contribution in [-0.4, -0.2) is 47.7 Å². The summed E-state index contributed by atoms with van der Waals surface area (Å²) in [5.41, 5.74) is 0.0578. The van der Waals surface area contributed by atoms with Crippen LogP contribution < -0.4 is 0 Å². The summed E-state index contributed by atoms with van der Waals surface area (Å²) in [6.45, 7) is -0.337. The largest absolute Gasteiger partial charge is 0.334 e. The van der Waals surface area contributed by atoms with Gasteiger partial charge in [0.05, 0.1) is 0 Å². The molecule has 2 amide bonds. The Balaban J connectivity index is 2.00. The highest BCUT2D eigenvalue weighted by Crippen LogP contribution is 2.27. The molecule has 0 radical (unpaired) electrons. The first-order valence-corrected chi connectivity index (χ1v) is 7.56. The van der Waals surface area contributed by atoms with Crippen molar-refractivity contribution in [3.63, 3.8) is 0 Å². The number of nitrogens with zero attached hydrogens (tertiary/aromatic N) is 2. The van der Waals surface area contributed by atoms with Gasteiger partial charge >= 0.3 is 11.8 Å². The van der Waals surface area contributed by atoms with Crippen molar-refractivity contribution in [3.8, 4) is 0 Å². The topological polar surface area (TPSA) is 40.6 Å². The van der Waals surface area contributed by atoms with Crippen molar-refractivity contribution in [2.45, 2.75) is 31.7 Å². The van der Waals surface area contributed by atoms with E-state index in [1.54, 1.807) is 0 Å². The van der Waals surface area contributed by atoms with Gasteiger partial charge in [-0.1, -0.05) is 6.07 Å². The average Bonchev–Trinajstić information content (AvgIpc) is 2.69. The molecule has 0 aliphatic carbocycles. The summed E-state index contributed by atoms with van der Waals surface area (Å²) in [5, 5.41) is 0. The second-order valence-corrected chi connectivity index (χ2v) is 5.90. The molecule has 24 heavy (non-hydrogen) atoms. The zero-order chi connectivity index (χ0) is 17.9. The van der Waals surface area contributed by atoms with Crippen molar-refractivity contribution in [1.82, 2.24) is 9.80 Å². The third kappa shape index (κ3) is 4.46. The van der Waals surface area contributed by atoms with Gasteiger partial charge in [0.25, 0.3) is 0 Å². The summed E-state index contributed by atoms with van der Waals surface area (Å²) in [6, 6.07) is 2.92. The Morgan fingerprint density at radius 2 is 1.92 bits per heavy atom. The number of carbonyl (C=O) groups is 2. The molecule has 0 spiro atoms. The van der Waals surface area contributed by atoms with Crippen LogP contribution in [0.4, 0.5) is 17.6 Å². The van der Waals surface area contributed by atoms with E-state index in [4.69, 9.17) is 0 Å². The van der Waals surface area contributed by atoms with E-state index in [2.05, 4.69) is 0 Å². The molecule has 4 nitrogen and oxygen atoms in total. The van der Waals surface area contributed by atoms with Gasteiger partial charge < -0.3 is 9.80 Å². The lowest BCUT2D eigenvalue weighted by Crippen LogP contribution is -2.44. The van der Waals surface area contributed by atoms with Gasteiger partial charge in [-0.3, -0.25) is 9.59 Å². The molecule has 1 saturated heterocycles. The molecule has 132 valence electrons. The van der Waals surface area contributed by atoms with Crippen LogP contribution in [0.25, 0.3) is 0 Å². The summed E-state index contributed by atoms with van der Waals surface area (Å²) in [5.74, 6) is -6.20. The molecule has 1 aliphatic rings. The molecule has 1 aromatic rings. The van der Waals surface area contributed by atoms with Crippen LogP contribution in [0, 0.1) is 11.6 Å². The second kappa shape index (κ2) is 7.19. The lowest BCUT2D eigenvalue weighted by Gasteiger charge is -2.23. The number of carbonyl (C=O) groups excluding carboxylic acids is 2. The first-order valence-electron chi connectivity index (χ1n) is 7.56. The van der Waals surface area contributed by atoms with Crippen LogP contribution in [0.2, 0.25) is 0 Å². The fourth-order valence-electron chi connectivity index (χ4n) is 2.54. The number of likely N-dealkylation sites (N-methyl/N-ethyl adjacent to an activating group) is 1. The quantitative estimate of drug-likeness (QED) is 0.610. The fraction of sp³-hybridized carbons (Fsp3) is 0.500. The maximum atomic E-state index is 13.6. The Bertz CT molecular complexity index is 637. The minimum absolute atomic E-state index is 0.0578. The first kappa shape index (κ1) is 18.2. The molecule has 0 saturated carbocycles. The Labute approximate surface area is 137 Å². The minimum atomic E-state index is -2.83. The maximum Gasteiger partial charge on any atom is 0.312 e. The molecule has 1 aliphatic heterocycles. The Morgan fingerprint density at radius 3 is 2.58 bits per heavy atom. The number of rotatable bonds is 2. The van der Waals surface area contributed by atoms with E-state index < -0.39 is 35.8 Å². The average molecular weight is 346 g/mol. The van der Waals surface area contributed by atoms with E-state index in [0.717, 1.165) is 15.9 Å². The fourth-order valence-corrected chi connectivity index (χ4v) is 2.54. The number of benzene rings is 1. The Kier molecular flexibility index (Phi) is 5.46. The smallest absolute Gasteiger partial charge is 0.312 e. The van der Waals surface area contributed by atoms with Crippen LogP contribution in [0.5, 0.6) is 0 Å². The lowest BCUT2D eigenvalue weighted by atomic mass is 10.1. The SMILES string of the molecule is CN(Cc1ccc(F)cc1F)C(=O)C(=O)N1CCCC(F)(F)CC1. The van der Waals surface area contributed by atoms with Crippen LogP contribution in [0.15, 0.2) is 18.2 Å². The van der Waals surface area contributed by atoms with E-state index >= 15 is 0 Å². The first-order chi connectivity index (χ1) is 11.2. The van der Waals surface area contributed by atoms with Gasteiger partial charge in [0.2, 0.25) is 5.92 Å². The molecule has 0 aromatic heterocycles. The molecule has 0 atom stereocenters. The van der Waals surface area contributed by atoms with Gasteiger partial charge in [-0.2, -0.15) is 0 Å². The summed E-state index contributed by atoms with van der Waals surface area (Å²) in [4.78, 5) is 26.4. The standard InChI is InChI=1S/C16H18F4N2O2/c1-21(10-11-3-4-12(17)9-13(11)18)14(23)15(24)22-7-2-5-16(19,20)6-8-22/h3-4,9H,2,5-8,10H2,1H3. The number of hydrogen-bond donors (Lipinski definition) is 0. The number of likely N-dealkylation sites (tertiary alicyclic amines) is 1. The zero-order valence-electron chi connectivity index (χ0n) is 13.2. The highest BCUT2D eigenvalue weighted by atomic mass is 19.3. The minimum Gasteiger partial charge on any atom is -0.334 e. The van der Waals surface area contributed by atoms with E-state index in [1.807, 2.05) is 0 Å². The highest BCUT2D eigenvalue weighted by molar-refractivity contribution is 6.34. The molecule has 8 heteroatoms. The molecule has 0 unspecified atom stereocenters. The van der Waals surface area contributed by atoms with Crippen molar-refractivity contribution in [1.29, 1.82) is 0 Å². The van der Waals surface area contributed by atoms with Gasteiger partial charge in [-0.15, -0.1) is 0 Å².